The van der Waals surface area contributed by atoms with Crippen LogP contribution in [0.2, 0.25) is 0 Å². The van der Waals surface area contributed by atoms with Gasteiger partial charge in [-0.05, 0) is 6.42 Å². The van der Waals surface area contributed by atoms with Crippen molar-refractivity contribution in [1.29, 1.82) is 0 Å². The molecule has 1 heterocycles. The van der Waals surface area contributed by atoms with Gasteiger partial charge < -0.3 is 20.7 Å². The molecule has 0 saturated heterocycles. The van der Waals surface area contributed by atoms with Crippen molar-refractivity contribution in [1.82, 2.24) is 10.5 Å². The highest BCUT2D eigenvalue weighted by Gasteiger charge is 2.22. The number of carbonyl (C=O) groups excluding carboxylic acids is 2. The van der Waals surface area contributed by atoms with Crippen molar-refractivity contribution in [3.8, 4) is 0 Å². The SMILES string of the molecule is NC(=O)CC[C@H](NC(=O)c1ccon1)C(=O)O. The second kappa shape index (κ2) is 5.64. The van der Waals surface area contributed by atoms with Gasteiger partial charge in [0.2, 0.25) is 5.91 Å². The molecule has 0 aliphatic heterocycles. The van der Waals surface area contributed by atoms with E-state index in [4.69, 9.17) is 10.8 Å². The van der Waals surface area contributed by atoms with Crippen LogP contribution in [0.15, 0.2) is 16.9 Å². The van der Waals surface area contributed by atoms with Gasteiger partial charge in [0, 0.05) is 12.5 Å². The Balaban J connectivity index is 2.58. The lowest BCUT2D eigenvalue weighted by Gasteiger charge is -2.12. The van der Waals surface area contributed by atoms with Crippen LogP contribution in [0, 0.1) is 0 Å². The average Bonchev–Trinajstić information content (AvgIpc) is 2.76. The molecule has 8 nitrogen and oxygen atoms in total. The van der Waals surface area contributed by atoms with Crippen molar-refractivity contribution in [2.75, 3.05) is 0 Å². The molecule has 17 heavy (non-hydrogen) atoms. The Kier molecular flexibility index (Phi) is 4.21. The third-order valence-electron chi connectivity index (χ3n) is 1.95. The lowest BCUT2D eigenvalue weighted by Crippen LogP contribution is -2.41. The van der Waals surface area contributed by atoms with Crippen molar-refractivity contribution in [3.63, 3.8) is 0 Å². The van der Waals surface area contributed by atoms with E-state index < -0.39 is 23.8 Å². The number of hydrogen-bond acceptors (Lipinski definition) is 5. The molecule has 1 aromatic heterocycles. The Hall–Kier alpha value is -2.38. The maximum absolute atomic E-state index is 11.5. The predicted molar refractivity (Wildman–Crippen MR) is 53.8 cm³/mol. The number of nitrogens with one attached hydrogen (secondary N) is 1. The van der Waals surface area contributed by atoms with E-state index in [0.717, 1.165) is 0 Å². The molecular formula is C9H11N3O5. The van der Waals surface area contributed by atoms with E-state index in [1.54, 1.807) is 0 Å². The molecule has 4 N–H and O–H groups in total. The second-order valence-corrected chi connectivity index (χ2v) is 3.25. The highest BCUT2D eigenvalue weighted by Crippen LogP contribution is 2.00. The van der Waals surface area contributed by atoms with Crippen molar-refractivity contribution >= 4 is 17.8 Å². The van der Waals surface area contributed by atoms with Gasteiger partial charge >= 0.3 is 5.97 Å². The third-order valence-corrected chi connectivity index (χ3v) is 1.95. The molecular weight excluding hydrogens is 230 g/mol. The number of nitrogens with two attached hydrogens (primary N) is 1. The maximum atomic E-state index is 11.5. The molecule has 0 radical (unpaired) electrons. The van der Waals surface area contributed by atoms with Gasteiger partial charge in [0.05, 0.1) is 0 Å². The van der Waals surface area contributed by atoms with Crippen LogP contribution in [0.4, 0.5) is 0 Å². The van der Waals surface area contributed by atoms with Crippen LogP contribution in [0.25, 0.3) is 0 Å². The minimum Gasteiger partial charge on any atom is -0.480 e. The molecule has 0 aromatic carbocycles. The van der Waals surface area contributed by atoms with Gasteiger partial charge in [-0.25, -0.2) is 4.79 Å². The summed E-state index contributed by atoms with van der Waals surface area (Å²) in [7, 11) is 0. The largest absolute Gasteiger partial charge is 0.480 e. The number of hydrogen-bond donors (Lipinski definition) is 3. The topological polar surface area (TPSA) is 136 Å². The minimum atomic E-state index is -1.25. The molecule has 0 fully saturated rings. The van der Waals surface area contributed by atoms with Crippen LogP contribution >= 0.6 is 0 Å². The van der Waals surface area contributed by atoms with Gasteiger partial charge in [-0.1, -0.05) is 5.16 Å². The van der Waals surface area contributed by atoms with Gasteiger partial charge in [-0.15, -0.1) is 0 Å². The lowest BCUT2D eigenvalue weighted by molar-refractivity contribution is -0.139. The summed E-state index contributed by atoms with van der Waals surface area (Å²) in [5, 5.41) is 14.4. The molecule has 0 aliphatic carbocycles. The first-order chi connectivity index (χ1) is 8.00. The zero-order valence-corrected chi connectivity index (χ0v) is 8.75. The van der Waals surface area contributed by atoms with E-state index in [-0.39, 0.29) is 18.5 Å². The summed E-state index contributed by atoms with van der Waals surface area (Å²) in [5.74, 6) is -2.56. The van der Waals surface area contributed by atoms with Crippen LogP contribution < -0.4 is 11.1 Å². The third kappa shape index (κ3) is 3.93. The molecule has 1 aromatic rings. The summed E-state index contributed by atoms with van der Waals surface area (Å²) in [6, 6.07) is 0.106. The Morgan fingerprint density at radius 1 is 1.53 bits per heavy atom. The molecule has 0 unspecified atom stereocenters. The minimum absolute atomic E-state index is 0.0321. The lowest BCUT2D eigenvalue weighted by atomic mass is 10.1. The monoisotopic (exact) mass is 241 g/mol. The molecule has 2 amide bonds. The van der Waals surface area contributed by atoms with Crippen LogP contribution in [0.1, 0.15) is 23.3 Å². The summed E-state index contributed by atoms with van der Waals surface area (Å²) >= 11 is 0. The average molecular weight is 241 g/mol. The Morgan fingerprint density at radius 2 is 2.24 bits per heavy atom. The zero-order chi connectivity index (χ0) is 12.8. The summed E-state index contributed by atoms with van der Waals surface area (Å²) in [6.45, 7) is 0. The normalized spacial score (nSPS) is 11.8. The number of nitrogens with zero attached hydrogens (tertiary/aromatic N) is 1. The molecule has 1 atom stereocenters. The fourth-order valence-electron chi connectivity index (χ4n) is 1.11. The fraction of sp³-hybridized carbons (Fsp3) is 0.333. The van der Waals surface area contributed by atoms with Crippen LogP contribution in [0.3, 0.4) is 0 Å². The van der Waals surface area contributed by atoms with Crippen molar-refractivity contribution in [2.45, 2.75) is 18.9 Å². The van der Waals surface area contributed by atoms with E-state index in [2.05, 4.69) is 15.0 Å². The quantitative estimate of drug-likeness (QED) is 0.591. The van der Waals surface area contributed by atoms with Crippen molar-refractivity contribution in [2.24, 2.45) is 5.73 Å². The summed E-state index contributed by atoms with van der Waals surface area (Å²) in [4.78, 5) is 32.8. The molecule has 0 saturated carbocycles. The first-order valence-corrected chi connectivity index (χ1v) is 4.73. The van der Waals surface area contributed by atoms with Crippen molar-refractivity contribution < 1.29 is 24.0 Å². The van der Waals surface area contributed by atoms with Crippen LogP contribution in [-0.2, 0) is 9.59 Å². The van der Waals surface area contributed by atoms with Crippen molar-refractivity contribution in [3.05, 3.63) is 18.0 Å². The molecule has 8 heteroatoms. The first kappa shape index (κ1) is 12.7. The summed E-state index contributed by atoms with van der Waals surface area (Å²) in [5.41, 5.74) is 4.86. The zero-order valence-electron chi connectivity index (χ0n) is 8.75. The molecule has 0 bridgehead atoms. The van der Waals surface area contributed by atoms with Crippen LogP contribution in [-0.4, -0.2) is 34.1 Å². The Bertz CT molecular complexity index is 414. The van der Waals surface area contributed by atoms with Gasteiger partial charge in [0.1, 0.15) is 12.3 Å². The fourth-order valence-corrected chi connectivity index (χ4v) is 1.11. The molecule has 0 aliphatic rings. The first-order valence-electron chi connectivity index (χ1n) is 4.73. The predicted octanol–water partition coefficient (Wildman–Crippen LogP) is -0.877. The standard InChI is InChI=1S/C9H11N3O5/c10-7(13)2-1-6(9(15)16)11-8(14)5-3-4-17-12-5/h3-4,6H,1-2H2,(H2,10,13)(H,11,14)(H,15,16)/t6-/m0/s1. The summed E-state index contributed by atoms with van der Waals surface area (Å²) in [6.07, 6.45) is 0.985. The van der Waals surface area contributed by atoms with E-state index in [9.17, 15) is 14.4 Å². The second-order valence-electron chi connectivity index (χ2n) is 3.25. The number of carbonyl (C=O) groups is 3. The van der Waals surface area contributed by atoms with E-state index in [1.807, 2.05) is 0 Å². The van der Waals surface area contributed by atoms with E-state index in [0.29, 0.717) is 0 Å². The number of aliphatic carboxylic acids is 1. The van der Waals surface area contributed by atoms with Gasteiger partial charge in [-0.3, -0.25) is 9.59 Å². The number of carboxylic acids is 1. The van der Waals surface area contributed by atoms with Gasteiger partial charge in [-0.2, -0.15) is 0 Å². The summed E-state index contributed by atoms with van der Waals surface area (Å²) < 4.78 is 4.44. The number of aromatic nitrogens is 1. The number of primary amides is 1. The van der Waals surface area contributed by atoms with Crippen LogP contribution in [0.5, 0.6) is 0 Å². The van der Waals surface area contributed by atoms with E-state index in [1.165, 1.54) is 12.3 Å². The molecule has 92 valence electrons. The number of carboxylic acid groups (broad SMARTS) is 1. The Morgan fingerprint density at radius 3 is 2.71 bits per heavy atom. The molecule has 1 rings (SSSR count). The van der Waals surface area contributed by atoms with Gasteiger partial charge in [0.15, 0.2) is 5.69 Å². The number of rotatable bonds is 6. The molecule has 0 spiro atoms. The number of amides is 2. The highest BCUT2D eigenvalue weighted by molar-refractivity contribution is 5.94. The smallest absolute Gasteiger partial charge is 0.326 e. The maximum Gasteiger partial charge on any atom is 0.326 e. The van der Waals surface area contributed by atoms with Gasteiger partial charge in [0.25, 0.3) is 5.91 Å². The van der Waals surface area contributed by atoms with E-state index >= 15 is 0 Å². The highest BCUT2D eigenvalue weighted by atomic mass is 16.5. The Labute approximate surface area is 95.8 Å².